The van der Waals surface area contributed by atoms with Crippen molar-refractivity contribution in [3.8, 4) is 11.5 Å². The van der Waals surface area contributed by atoms with Crippen LogP contribution in [0.25, 0.3) is 11.5 Å². The Balaban J connectivity index is 1.55. The first-order valence-electron chi connectivity index (χ1n) is 7.13. The third kappa shape index (κ3) is 4.77. The molecule has 3 aromatic rings. The van der Waals surface area contributed by atoms with Crippen molar-refractivity contribution in [3.63, 3.8) is 0 Å². The Hall–Kier alpha value is -1.98. The molecule has 2 aromatic heterocycles. The van der Waals surface area contributed by atoms with E-state index < -0.39 is 5.82 Å². The molecular weight excluding hydrogens is 385 g/mol. The van der Waals surface area contributed by atoms with E-state index in [9.17, 15) is 9.18 Å². The summed E-state index contributed by atoms with van der Waals surface area (Å²) in [5.41, 5.74) is 0.223. The lowest BCUT2D eigenvalue weighted by Crippen LogP contribution is -2.13. The third-order valence-electron chi connectivity index (χ3n) is 2.76. The standard InChI is InChI=1S/C14H12FN5O2S3/c1-2-23-14-20-18-12(25-14)16-10(21)7-24-13-19-17-11(22-13)8-5-3-4-6-9(8)15/h3-6H,2,7H2,1H3,(H,16,18,21). The highest BCUT2D eigenvalue weighted by molar-refractivity contribution is 8.01. The van der Waals surface area contributed by atoms with Gasteiger partial charge in [-0.3, -0.25) is 10.1 Å². The number of nitrogens with zero attached hydrogens (tertiary/aromatic N) is 4. The summed E-state index contributed by atoms with van der Waals surface area (Å²) in [5, 5.41) is 18.8. The fraction of sp³-hybridized carbons (Fsp3) is 0.214. The average molecular weight is 397 g/mol. The molecule has 0 unspecified atom stereocenters. The van der Waals surface area contributed by atoms with Crippen LogP contribution < -0.4 is 5.32 Å². The van der Waals surface area contributed by atoms with Gasteiger partial charge < -0.3 is 4.42 Å². The van der Waals surface area contributed by atoms with Crippen molar-refractivity contribution in [1.29, 1.82) is 0 Å². The van der Waals surface area contributed by atoms with E-state index in [1.54, 1.807) is 30.0 Å². The van der Waals surface area contributed by atoms with Gasteiger partial charge >= 0.3 is 0 Å². The van der Waals surface area contributed by atoms with Crippen molar-refractivity contribution in [2.45, 2.75) is 16.5 Å². The maximum Gasteiger partial charge on any atom is 0.277 e. The number of anilines is 1. The van der Waals surface area contributed by atoms with E-state index in [0.717, 1.165) is 21.9 Å². The molecule has 11 heteroatoms. The van der Waals surface area contributed by atoms with E-state index in [0.29, 0.717) is 5.13 Å². The van der Waals surface area contributed by atoms with Crippen LogP contribution in [0, 0.1) is 5.82 Å². The van der Waals surface area contributed by atoms with Gasteiger partial charge in [-0.05, 0) is 17.9 Å². The van der Waals surface area contributed by atoms with Gasteiger partial charge in [-0.25, -0.2) is 4.39 Å². The normalized spacial score (nSPS) is 10.8. The first kappa shape index (κ1) is 17.8. The van der Waals surface area contributed by atoms with E-state index in [1.165, 1.54) is 17.4 Å². The van der Waals surface area contributed by atoms with Crippen LogP contribution >= 0.6 is 34.9 Å². The van der Waals surface area contributed by atoms with Crippen LogP contribution in [0.1, 0.15) is 6.92 Å². The second-order valence-electron chi connectivity index (χ2n) is 4.50. The third-order valence-corrected chi connectivity index (χ3v) is 5.43. The maximum atomic E-state index is 13.7. The van der Waals surface area contributed by atoms with Crippen molar-refractivity contribution in [3.05, 3.63) is 30.1 Å². The summed E-state index contributed by atoms with van der Waals surface area (Å²) < 4.78 is 19.9. The van der Waals surface area contributed by atoms with Gasteiger partial charge in [0.25, 0.3) is 11.1 Å². The molecule has 0 aliphatic rings. The molecular formula is C14H12FN5O2S3. The van der Waals surface area contributed by atoms with Crippen molar-refractivity contribution < 1.29 is 13.6 Å². The molecule has 0 bridgehead atoms. The molecule has 2 heterocycles. The van der Waals surface area contributed by atoms with Gasteiger partial charge in [-0.15, -0.1) is 20.4 Å². The van der Waals surface area contributed by atoms with E-state index in [4.69, 9.17) is 4.42 Å². The zero-order valence-electron chi connectivity index (χ0n) is 12.9. The molecule has 7 nitrogen and oxygen atoms in total. The van der Waals surface area contributed by atoms with Crippen LogP contribution in [0.15, 0.2) is 38.2 Å². The number of carbonyl (C=O) groups excluding carboxylic acids is 1. The smallest absolute Gasteiger partial charge is 0.277 e. The molecule has 25 heavy (non-hydrogen) atoms. The van der Waals surface area contributed by atoms with E-state index >= 15 is 0 Å². The fourth-order valence-corrected chi connectivity index (χ4v) is 3.96. The molecule has 0 spiro atoms. The van der Waals surface area contributed by atoms with Gasteiger partial charge in [-0.1, -0.05) is 53.9 Å². The van der Waals surface area contributed by atoms with E-state index in [2.05, 4.69) is 25.7 Å². The van der Waals surface area contributed by atoms with Gasteiger partial charge in [0.05, 0.1) is 11.3 Å². The summed E-state index contributed by atoms with van der Waals surface area (Å²) in [6.45, 7) is 2.01. The van der Waals surface area contributed by atoms with Crippen LogP contribution in [0.3, 0.4) is 0 Å². The molecule has 1 amide bonds. The molecule has 1 N–H and O–H groups in total. The Morgan fingerprint density at radius 3 is 2.88 bits per heavy atom. The molecule has 0 saturated carbocycles. The Bertz CT molecular complexity index is 870. The summed E-state index contributed by atoms with van der Waals surface area (Å²) in [7, 11) is 0. The molecule has 0 saturated heterocycles. The van der Waals surface area contributed by atoms with Crippen LogP contribution in [-0.2, 0) is 4.79 Å². The van der Waals surface area contributed by atoms with Gasteiger partial charge in [-0.2, -0.15) is 0 Å². The number of hydrogen-bond acceptors (Lipinski definition) is 9. The number of carbonyl (C=O) groups is 1. The zero-order valence-corrected chi connectivity index (χ0v) is 15.4. The van der Waals surface area contributed by atoms with Gasteiger partial charge in [0.15, 0.2) is 4.34 Å². The minimum Gasteiger partial charge on any atom is -0.411 e. The molecule has 3 rings (SSSR count). The quantitative estimate of drug-likeness (QED) is 0.478. The van der Waals surface area contributed by atoms with E-state index in [-0.39, 0.29) is 28.3 Å². The Morgan fingerprint density at radius 1 is 1.24 bits per heavy atom. The van der Waals surface area contributed by atoms with Crippen LogP contribution in [0.5, 0.6) is 0 Å². The van der Waals surface area contributed by atoms with Crippen molar-refractivity contribution in [2.24, 2.45) is 0 Å². The second kappa shape index (κ2) is 8.41. The summed E-state index contributed by atoms with van der Waals surface area (Å²) in [5.74, 6) is 0.318. The van der Waals surface area contributed by atoms with Gasteiger partial charge in [0.2, 0.25) is 11.0 Å². The first-order chi connectivity index (χ1) is 12.2. The largest absolute Gasteiger partial charge is 0.411 e. The molecule has 0 aliphatic heterocycles. The number of hydrogen-bond donors (Lipinski definition) is 1. The summed E-state index contributed by atoms with van der Waals surface area (Å²) in [6.07, 6.45) is 0. The molecule has 0 atom stereocenters. The minimum atomic E-state index is -0.447. The highest BCUT2D eigenvalue weighted by Crippen LogP contribution is 2.27. The number of halogens is 1. The molecule has 0 fully saturated rings. The summed E-state index contributed by atoms with van der Waals surface area (Å²) >= 11 is 3.94. The van der Waals surface area contributed by atoms with Crippen molar-refractivity contribution in [2.75, 3.05) is 16.8 Å². The Morgan fingerprint density at radius 2 is 2.08 bits per heavy atom. The van der Waals surface area contributed by atoms with E-state index in [1.807, 2.05) is 6.92 Å². The lowest BCUT2D eigenvalue weighted by molar-refractivity contribution is -0.113. The van der Waals surface area contributed by atoms with Crippen molar-refractivity contribution >= 4 is 45.9 Å². The minimum absolute atomic E-state index is 0.0642. The predicted molar refractivity (Wildman–Crippen MR) is 95.4 cm³/mol. The average Bonchev–Trinajstić information content (AvgIpc) is 3.23. The number of rotatable bonds is 7. The van der Waals surface area contributed by atoms with Gasteiger partial charge in [0, 0.05) is 0 Å². The van der Waals surface area contributed by atoms with Crippen LogP contribution in [0.2, 0.25) is 0 Å². The number of thioether (sulfide) groups is 2. The lowest BCUT2D eigenvalue weighted by Gasteiger charge is -1.98. The highest BCUT2D eigenvalue weighted by Gasteiger charge is 2.15. The first-order valence-corrected chi connectivity index (χ1v) is 9.92. The summed E-state index contributed by atoms with van der Waals surface area (Å²) in [6, 6.07) is 6.11. The topological polar surface area (TPSA) is 93.8 Å². The SMILES string of the molecule is CCSc1nnc(NC(=O)CSc2nnc(-c3ccccc3F)o2)s1. The second-order valence-corrected chi connectivity index (χ2v) is 7.91. The predicted octanol–water partition coefficient (Wildman–Crippen LogP) is 3.57. The number of aromatic nitrogens is 4. The maximum absolute atomic E-state index is 13.7. The van der Waals surface area contributed by atoms with Gasteiger partial charge in [0.1, 0.15) is 5.82 Å². The Kier molecular flexibility index (Phi) is 6.00. The summed E-state index contributed by atoms with van der Waals surface area (Å²) in [4.78, 5) is 11.9. The van der Waals surface area contributed by atoms with Crippen LogP contribution in [-0.4, -0.2) is 37.8 Å². The number of amides is 1. The molecule has 130 valence electrons. The highest BCUT2D eigenvalue weighted by atomic mass is 32.2. The number of nitrogens with one attached hydrogen (secondary N) is 1. The monoisotopic (exact) mass is 397 g/mol. The zero-order chi connectivity index (χ0) is 17.6. The Labute approximate surface area is 154 Å². The molecule has 0 aliphatic carbocycles. The number of benzene rings is 1. The lowest BCUT2D eigenvalue weighted by atomic mass is 10.2. The molecule has 1 aromatic carbocycles. The van der Waals surface area contributed by atoms with Crippen LogP contribution in [0.4, 0.5) is 9.52 Å². The fourth-order valence-electron chi connectivity index (χ4n) is 1.74. The van der Waals surface area contributed by atoms with Crippen molar-refractivity contribution in [1.82, 2.24) is 20.4 Å². The molecule has 0 radical (unpaired) electrons.